The number of hydrogen-bond donors (Lipinski definition) is 0. The van der Waals surface area contributed by atoms with E-state index in [1.807, 2.05) is 0 Å². The lowest BCUT2D eigenvalue weighted by molar-refractivity contribution is -0.137. The lowest BCUT2D eigenvalue weighted by atomic mass is 10.1. The highest BCUT2D eigenvalue weighted by molar-refractivity contribution is 6.40. The molecule has 0 aliphatic rings. The van der Waals surface area contributed by atoms with Gasteiger partial charge in [0.1, 0.15) is 5.60 Å². The quantitative estimate of drug-likeness (QED) is 0.229. The summed E-state index contributed by atoms with van der Waals surface area (Å²) in [6.45, 7) is 6.14. The fourth-order valence-corrected chi connectivity index (χ4v) is 4.37. The lowest BCUT2D eigenvalue weighted by Crippen LogP contribution is -2.31. The summed E-state index contributed by atoms with van der Waals surface area (Å²) < 4.78 is 50.5. The van der Waals surface area contributed by atoms with Crippen LogP contribution in [0.2, 0.25) is 10.0 Å². The first-order chi connectivity index (χ1) is 17.5. The molecule has 204 valence electrons. The number of anilines is 1. The van der Waals surface area contributed by atoms with Crippen molar-refractivity contribution < 1.29 is 37.0 Å². The average Bonchev–Trinajstić information content (AvgIpc) is 3.13. The van der Waals surface area contributed by atoms with Gasteiger partial charge in [0, 0.05) is 23.0 Å². The highest BCUT2D eigenvalue weighted by Gasteiger charge is 2.34. The second kappa shape index (κ2) is 10.9. The standard InChI is InChI=1S/C26H25Cl2F3N2O5/c1-6-37-23(35)22-21(32(5)13-19(34)14-7-9-15(10-8-14)26(29,30)31)20-17(28)11-16(27)12-18(20)33(22)24(36)38-25(2,3)4/h7-12H,6,13H2,1-5H3. The van der Waals surface area contributed by atoms with E-state index in [2.05, 4.69) is 0 Å². The van der Waals surface area contributed by atoms with Gasteiger partial charge in [-0.15, -0.1) is 0 Å². The van der Waals surface area contributed by atoms with Gasteiger partial charge in [-0.25, -0.2) is 14.2 Å². The van der Waals surface area contributed by atoms with Crippen LogP contribution in [0.15, 0.2) is 36.4 Å². The van der Waals surface area contributed by atoms with E-state index in [4.69, 9.17) is 32.7 Å². The lowest BCUT2D eigenvalue weighted by Gasteiger charge is -2.22. The van der Waals surface area contributed by atoms with E-state index in [0.717, 1.165) is 28.8 Å². The second-order valence-corrected chi connectivity index (χ2v) is 10.2. The van der Waals surface area contributed by atoms with Crippen molar-refractivity contribution in [3.05, 3.63) is 63.3 Å². The monoisotopic (exact) mass is 572 g/mol. The maximum absolute atomic E-state index is 13.3. The minimum atomic E-state index is -4.55. The highest BCUT2D eigenvalue weighted by Crippen LogP contribution is 2.41. The number of carbonyl (C=O) groups excluding carboxylic acids is 3. The molecule has 3 aromatic rings. The predicted molar refractivity (Wildman–Crippen MR) is 139 cm³/mol. The molecule has 3 rings (SSSR count). The smallest absolute Gasteiger partial charge is 0.419 e. The largest absolute Gasteiger partial charge is 0.461 e. The van der Waals surface area contributed by atoms with Gasteiger partial charge >= 0.3 is 18.2 Å². The number of Topliss-reactive ketones (excluding diaryl/α,β-unsaturated/α-hetero) is 1. The Morgan fingerprint density at radius 2 is 1.63 bits per heavy atom. The Morgan fingerprint density at radius 3 is 2.16 bits per heavy atom. The van der Waals surface area contributed by atoms with Crippen molar-refractivity contribution in [2.75, 3.05) is 25.1 Å². The number of ether oxygens (including phenoxy) is 2. The molecule has 0 spiro atoms. The number of halogens is 5. The molecule has 0 saturated carbocycles. The number of likely N-dealkylation sites (N-methyl/N-ethyl adjacent to an activating group) is 1. The number of rotatable bonds is 6. The van der Waals surface area contributed by atoms with Crippen molar-refractivity contribution in [1.82, 2.24) is 4.57 Å². The van der Waals surface area contributed by atoms with Gasteiger partial charge in [-0.1, -0.05) is 35.3 Å². The molecule has 0 amide bonds. The van der Waals surface area contributed by atoms with Crippen LogP contribution in [0.1, 0.15) is 54.1 Å². The summed E-state index contributed by atoms with van der Waals surface area (Å²) >= 11 is 12.7. The molecule has 0 atom stereocenters. The molecule has 7 nitrogen and oxygen atoms in total. The topological polar surface area (TPSA) is 77.8 Å². The molecular formula is C26H25Cl2F3N2O5. The maximum atomic E-state index is 13.3. The molecule has 0 unspecified atom stereocenters. The Hall–Kier alpha value is -3.24. The zero-order valence-corrected chi connectivity index (χ0v) is 22.7. The van der Waals surface area contributed by atoms with E-state index in [1.165, 1.54) is 24.1 Å². The summed E-state index contributed by atoms with van der Waals surface area (Å²) in [5.74, 6) is -1.43. The molecule has 0 fully saturated rings. The minimum Gasteiger partial charge on any atom is -0.461 e. The van der Waals surface area contributed by atoms with E-state index >= 15 is 0 Å². The Morgan fingerprint density at radius 1 is 1.03 bits per heavy atom. The van der Waals surface area contributed by atoms with Gasteiger partial charge in [0.25, 0.3) is 0 Å². The van der Waals surface area contributed by atoms with E-state index in [9.17, 15) is 27.6 Å². The first kappa shape index (κ1) is 29.3. The van der Waals surface area contributed by atoms with Crippen molar-refractivity contribution in [1.29, 1.82) is 0 Å². The van der Waals surface area contributed by atoms with Crippen LogP contribution in [-0.2, 0) is 15.7 Å². The number of alkyl halides is 3. The number of fused-ring (bicyclic) bond motifs is 1. The number of aromatic nitrogens is 1. The summed E-state index contributed by atoms with van der Waals surface area (Å²) in [5, 5.41) is 0.493. The third kappa shape index (κ3) is 6.24. The predicted octanol–water partition coefficient (Wildman–Crippen LogP) is 7.25. The minimum absolute atomic E-state index is 0.0171. The Bertz CT molecular complexity index is 1390. The average molecular weight is 573 g/mol. The first-order valence-electron chi connectivity index (χ1n) is 11.4. The van der Waals surface area contributed by atoms with Gasteiger partial charge in [0.05, 0.1) is 34.9 Å². The summed E-state index contributed by atoms with van der Waals surface area (Å²) in [5.41, 5.74) is -1.81. The van der Waals surface area contributed by atoms with Crippen LogP contribution >= 0.6 is 23.2 Å². The van der Waals surface area contributed by atoms with Crippen LogP contribution < -0.4 is 4.90 Å². The molecule has 0 N–H and O–H groups in total. The van der Waals surface area contributed by atoms with Gasteiger partial charge in [0.2, 0.25) is 0 Å². The first-order valence-corrected chi connectivity index (χ1v) is 12.2. The van der Waals surface area contributed by atoms with E-state index in [0.29, 0.717) is 0 Å². The van der Waals surface area contributed by atoms with Crippen molar-refractivity contribution in [3.8, 4) is 0 Å². The highest BCUT2D eigenvalue weighted by atomic mass is 35.5. The molecule has 0 radical (unpaired) electrons. The van der Waals surface area contributed by atoms with E-state index in [-0.39, 0.29) is 51.0 Å². The Labute approximate surface area is 227 Å². The summed E-state index contributed by atoms with van der Waals surface area (Å²) in [6, 6.07) is 6.60. The number of hydrogen-bond acceptors (Lipinski definition) is 6. The summed E-state index contributed by atoms with van der Waals surface area (Å²) in [4.78, 5) is 40.8. The third-order valence-electron chi connectivity index (χ3n) is 5.30. The van der Waals surface area contributed by atoms with Crippen molar-refractivity contribution in [3.63, 3.8) is 0 Å². The van der Waals surface area contributed by atoms with Gasteiger partial charge in [-0.05, 0) is 52.0 Å². The van der Waals surface area contributed by atoms with Crippen LogP contribution in [0.3, 0.4) is 0 Å². The van der Waals surface area contributed by atoms with Gasteiger partial charge in [-0.2, -0.15) is 13.2 Å². The van der Waals surface area contributed by atoms with Crippen LogP contribution in [0.4, 0.5) is 23.7 Å². The number of ketones is 1. The van der Waals surface area contributed by atoms with Crippen molar-refractivity contribution in [2.45, 2.75) is 39.5 Å². The van der Waals surface area contributed by atoms with Gasteiger partial charge in [0.15, 0.2) is 11.5 Å². The third-order valence-corrected chi connectivity index (χ3v) is 5.82. The molecule has 2 aromatic carbocycles. The Balaban J connectivity index is 2.18. The van der Waals surface area contributed by atoms with Crippen molar-refractivity contribution >= 4 is 57.6 Å². The fourth-order valence-electron chi connectivity index (χ4n) is 3.80. The summed E-state index contributed by atoms with van der Waals surface area (Å²) in [6.07, 6.45) is -5.45. The number of nitrogens with zero attached hydrogens (tertiary/aromatic N) is 2. The molecule has 1 heterocycles. The number of esters is 1. The molecule has 0 aliphatic carbocycles. The zero-order valence-electron chi connectivity index (χ0n) is 21.2. The van der Waals surface area contributed by atoms with E-state index in [1.54, 1.807) is 27.7 Å². The van der Waals surface area contributed by atoms with Crippen molar-refractivity contribution in [2.24, 2.45) is 0 Å². The summed E-state index contributed by atoms with van der Waals surface area (Å²) in [7, 11) is 1.48. The molecule has 0 bridgehead atoms. The van der Waals surface area contributed by atoms with Crippen LogP contribution in [-0.4, -0.2) is 48.2 Å². The van der Waals surface area contributed by atoms with Gasteiger partial charge < -0.3 is 14.4 Å². The second-order valence-electron chi connectivity index (χ2n) is 9.37. The van der Waals surface area contributed by atoms with Crippen LogP contribution in [0.25, 0.3) is 10.9 Å². The molecule has 0 aliphatic heterocycles. The molecule has 1 aromatic heterocycles. The molecule has 38 heavy (non-hydrogen) atoms. The fraction of sp³-hybridized carbons (Fsp3) is 0.346. The molecule has 12 heteroatoms. The number of benzene rings is 2. The zero-order chi connectivity index (χ0) is 28.6. The molecule has 0 saturated heterocycles. The van der Waals surface area contributed by atoms with Crippen LogP contribution in [0.5, 0.6) is 0 Å². The van der Waals surface area contributed by atoms with Gasteiger partial charge in [-0.3, -0.25) is 4.79 Å². The maximum Gasteiger partial charge on any atom is 0.419 e. The SMILES string of the molecule is CCOC(=O)c1c(N(C)CC(=O)c2ccc(C(F)(F)F)cc2)c2c(Cl)cc(Cl)cc2n1C(=O)OC(C)(C)C. The Kier molecular flexibility index (Phi) is 8.38. The normalized spacial score (nSPS) is 11.9. The van der Waals surface area contributed by atoms with Crippen LogP contribution in [0, 0.1) is 0 Å². The number of carbonyl (C=O) groups is 3. The van der Waals surface area contributed by atoms with E-state index < -0.39 is 35.2 Å². The molecular weight excluding hydrogens is 548 g/mol.